The van der Waals surface area contributed by atoms with E-state index in [9.17, 15) is 24.5 Å². The highest BCUT2D eigenvalue weighted by atomic mass is 16.6. The lowest BCUT2D eigenvalue weighted by molar-refractivity contribution is -0.384. The summed E-state index contributed by atoms with van der Waals surface area (Å²) in [6, 6.07) is 11.3. The number of carbonyl (C=O) groups is 3. The zero-order chi connectivity index (χ0) is 20.5. The summed E-state index contributed by atoms with van der Waals surface area (Å²) in [4.78, 5) is 56.1. The number of carbonyl (C=O) groups excluding carboxylic acids is 3. The molecule has 0 spiro atoms. The van der Waals surface area contributed by atoms with Gasteiger partial charge in [0.15, 0.2) is 0 Å². The fourth-order valence-electron chi connectivity index (χ4n) is 2.87. The normalized spacial score (nSPS) is 12.6. The molecule has 1 aliphatic heterocycles. The van der Waals surface area contributed by atoms with Crippen LogP contribution in [0.25, 0.3) is 0 Å². The maximum Gasteiger partial charge on any atom is 0.284 e. The molecular weight excluding hydrogens is 378 g/mol. The Bertz CT molecular complexity index is 1140. The van der Waals surface area contributed by atoms with Gasteiger partial charge < -0.3 is 5.32 Å². The second-order valence-electron chi connectivity index (χ2n) is 6.04. The van der Waals surface area contributed by atoms with Gasteiger partial charge in [0.05, 0.1) is 16.2 Å². The average Bonchev–Trinajstić information content (AvgIpc) is 2.99. The Kier molecular flexibility index (Phi) is 4.28. The van der Waals surface area contributed by atoms with E-state index in [0.29, 0.717) is 0 Å². The Morgan fingerprint density at radius 3 is 2.52 bits per heavy atom. The third-order valence-corrected chi connectivity index (χ3v) is 4.25. The molecule has 0 atom stereocenters. The first-order valence-electron chi connectivity index (χ1n) is 8.30. The minimum atomic E-state index is -0.568. The largest absolute Gasteiger partial charge is 0.322 e. The van der Waals surface area contributed by atoms with Crippen LogP contribution in [0.1, 0.15) is 31.2 Å². The van der Waals surface area contributed by atoms with Crippen LogP contribution in [0.15, 0.2) is 61.1 Å². The zero-order valence-corrected chi connectivity index (χ0v) is 14.6. The van der Waals surface area contributed by atoms with E-state index in [1.807, 2.05) is 0 Å². The van der Waals surface area contributed by atoms with Crippen molar-refractivity contribution in [2.45, 2.75) is 0 Å². The lowest BCUT2D eigenvalue weighted by Gasteiger charge is -2.14. The monoisotopic (exact) mass is 389 g/mol. The van der Waals surface area contributed by atoms with Gasteiger partial charge in [-0.3, -0.25) is 24.5 Å². The number of benzene rings is 2. The Labute approximate surface area is 163 Å². The van der Waals surface area contributed by atoms with E-state index in [4.69, 9.17) is 0 Å². The number of nitro benzene ring substituents is 1. The van der Waals surface area contributed by atoms with Gasteiger partial charge in [-0.1, -0.05) is 6.07 Å². The first kappa shape index (κ1) is 17.9. The van der Waals surface area contributed by atoms with Crippen molar-refractivity contribution in [3.05, 3.63) is 88.0 Å². The van der Waals surface area contributed by atoms with Crippen molar-refractivity contribution < 1.29 is 19.3 Å². The number of aromatic nitrogens is 2. The number of hydrogen-bond donors (Lipinski definition) is 1. The number of anilines is 2. The van der Waals surface area contributed by atoms with Crippen molar-refractivity contribution in [1.29, 1.82) is 0 Å². The smallest absolute Gasteiger partial charge is 0.284 e. The minimum absolute atomic E-state index is 0.0255. The number of nitrogens with one attached hydrogen (secondary N) is 1. The third kappa shape index (κ3) is 3.18. The Balaban J connectivity index is 1.53. The number of non-ortho nitro benzene ring substituents is 1. The van der Waals surface area contributed by atoms with Crippen molar-refractivity contribution in [3.8, 4) is 0 Å². The highest BCUT2D eigenvalue weighted by Crippen LogP contribution is 2.27. The van der Waals surface area contributed by atoms with Crippen LogP contribution in [0.5, 0.6) is 0 Å². The predicted molar refractivity (Wildman–Crippen MR) is 101 cm³/mol. The quantitative estimate of drug-likeness (QED) is 0.411. The summed E-state index contributed by atoms with van der Waals surface area (Å²) in [6.07, 6.45) is 2.47. The van der Waals surface area contributed by atoms with Gasteiger partial charge in [0.1, 0.15) is 12.0 Å². The van der Waals surface area contributed by atoms with E-state index in [-0.39, 0.29) is 33.9 Å². The minimum Gasteiger partial charge on any atom is -0.322 e. The second kappa shape index (κ2) is 6.93. The Morgan fingerprint density at radius 1 is 1.07 bits per heavy atom. The maximum absolute atomic E-state index is 12.4. The maximum atomic E-state index is 12.4. The van der Waals surface area contributed by atoms with Gasteiger partial charge in [-0.25, -0.2) is 14.9 Å². The van der Waals surface area contributed by atoms with Gasteiger partial charge in [0, 0.05) is 29.6 Å². The highest BCUT2D eigenvalue weighted by Gasteiger charge is 2.38. The Morgan fingerprint density at radius 2 is 1.83 bits per heavy atom. The molecule has 2 heterocycles. The van der Waals surface area contributed by atoms with Gasteiger partial charge >= 0.3 is 0 Å². The molecule has 0 saturated heterocycles. The van der Waals surface area contributed by atoms with Gasteiger partial charge in [0.2, 0.25) is 0 Å². The molecule has 1 aliphatic rings. The van der Waals surface area contributed by atoms with Crippen molar-refractivity contribution in [3.63, 3.8) is 0 Å². The molecule has 3 amide bonds. The topological polar surface area (TPSA) is 135 Å². The van der Waals surface area contributed by atoms with Crippen LogP contribution < -0.4 is 10.2 Å². The van der Waals surface area contributed by atoms with Crippen molar-refractivity contribution in [2.24, 2.45) is 0 Å². The van der Waals surface area contributed by atoms with Crippen LogP contribution in [0.2, 0.25) is 0 Å². The van der Waals surface area contributed by atoms with Crippen LogP contribution in [-0.4, -0.2) is 32.6 Å². The lowest BCUT2D eigenvalue weighted by Crippen LogP contribution is -2.29. The van der Waals surface area contributed by atoms with Crippen molar-refractivity contribution in [2.75, 3.05) is 10.2 Å². The van der Waals surface area contributed by atoms with E-state index in [2.05, 4.69) is 15.3 Å². The number of amides is 3. The van der Waals surface area contributed by atoms with Crippen molar-refractivity contribution >= 4 is 34.8 Å². The third-order valence-electron chi connectivity index (χ3n) is 4.25. The number of hydrogen-bond acceptors (Lipinski definition) is 7. The number of imide groups is 1. The van der Waals surface area contributed by atoms with E-state index < -0.39 is 22.6 Å². The molecule has 1 N–H and O–H groups in total. The fourth-order valence-corrected chi connectivity index (χ4v) is 2.87. The van der Waals surface area contributed by atoms with Crippen LogP contribution >= 0.6 is 0 Å². The Hall–Kier alpha value is -4.47. The lowest BCUT2D eigenvalue weighted by atomic mass is 10.1. The highest BCUT2D eigenvalue weighted by molar-refractivity contribution is 6.33. The summed E-state index contributed by atoms with van der Waals surface area (Å²) in [5.74, 6) is -1.61. The van der Waals surface area contributed by atoms with Gasteiger partial charge in [-0.05, 0) is 30.3 Å². The van der Waals surface area contributed by atoms with Crippen LogP contribution in [0.3, 0.4) is 0 Å². The van der Waals surface area contributed by atoms with Gasteiger partial charge in [-0.15, -0.1) is 0 Å². The summed E-state index contributed by atoms with van der Waals surface area (Å²) < 4.78 is 0. The number of rotatable bonds is 4. The second-order valence-corrected chi connectivity index (χ2v) is 6.04. The summed E-state index contributed by atoms with van der Waals surface area (Å²) in [5, 5.41) is 13.4. The van der Waals surface area contributed by atoms with Crippen LogP contribution in [0, 0.1) is 10.1 Å². The molecule has 10 heteroatoms. The van der Waals surface area contributed by atoms with Gasteiger partial charge in [0.25, 0.3) is 23.4 Å². The molecule has 4 rings (SSSR count). The number of nitro groups is 1. The van der Waals surface area contributed by atoms with E-state index in [1.54, 1.807) is 0 Å². The standard InChI is InChI=1S/C19H11N5O5/c25-17(22-12-2-1-3-14(8-12)24(28)29)11-4-6-13(7-5-11)23-18(26)15-9-20-10-21-16(15)19(23)27/h1-10H,(H,22,25). The number of fused-ring (bicyclic) bond motifs is 1. The molecule has 0 saturated carbocycles. The fraction of sp³-hybridized carbons (Fsp3) is 0. The SMILES string of the molecule is O=C(Nc1cccc([N+](=O)[O-])c1)c1ccc(N2C(=O)c3cncnc3C2=O)cc1. The predicted octanol–water partition coefficient (Wildman–Crippen LogP) is 2.44. The van der Waals surface area contributed by atoms with E-state index in [1.165, 1.54) is 61.1 Å². The molecule has 0 radical (unpaired) electrons. The van der Waals surface area contributed by atoms with E-state index >= 15 is 0 Å². The van der Waals surface area contributed by atoms with Crippen LogP contribution in [-0.2, 0) is 0 Å². The molecule has 10 nitrogen and oxygen atoms in total. The molecule has 0 unspecified atom stereocenters. The zero-order valence-electron chi connectivity index (χ0n) is 14.6. The molecule has 1 aromatic heterocycles. The molecule has 0 bridgehead atoms. The molecule has 0 fully saturated rings. The first-order chi connectivity index (χ1) is 14.0. The molecule has 142 valence electrons. The summed E-state index contributed by atoms with van der Waals surface area (Å²) in [5.41, 5.74) is 0.795. The average molecular weight is 389 g/mol. The molecule has 3 aromatic rings. The first-order valence-corrected chi connectivity index (χ1v) is 8.30. The van der Waals surface area contributed by atoms with E-state index in [0.717, 1.165) is 4.90 Å². The summed E-state index contributed by atoms with van der Waals surface area (Å²) >= 11 is 0. The molecular formula is C19H11N5O5. The summed E-state index contributed by atoms with van der Waals surface area (Å²) in [7, 11) is 0. The molecule has 0 aliphatic carbocycles. The van der Waals surface area contributed by atoms with Gasteiger partial charge in [-0.2, -0.15) is 0 Å². The number of nitrogens with zero attached hydrogens (tertiary/aromatic N) is 4. The summed E-state index contributed by atoms with van der Waals surface area (Å²) in [6.45, 7) is 0. The van der Waals surface area contributed by atoms with Crippen LogP contribution in [0.4, 0.5) is 17.1 Å². The van der Waals surface area contributed by atoms with Crippen molar-refractivity contribution in [1.82, 2.24) is 9.97 Å². The molecule has 2 aromatic carbocycles. The molecule has 29 heavy (non-hydrogen) atoms.